The van der Waals surface area contributed by atoms with E-state index in [1.807, 2.05) is 0 Å². The molecule has 1 rings (SSSR count). The Morgan fingerprint density at radius 3 is 2.50 bits per heavy atom. The van der Waals surface area contributed by atoms with Crippen molar-refractivity contribution < 1.29 is 23.8 Å². The molecule has 0 spiro atoms. The van der Waals surface area contributed by atoms with E-state index in [0.29, 0.717) is 6.61 Å². The number of hydrogen-bond donors (Lipinski definition) is 0. The van der Waals surface area contributed by atoms with Crippen molar-refractivity contribution in [2.45, 2.75) is 26.4 Å². The fraction of sp³-hybridized carbons (Fsp3) is 0.714. The maximum atomic E-state index is 11.3. The first-order valence-corrected chi connectivity index (χ1v) is 6.93. The first-order valence-electron chi connectivity index (χ1n) is 6.93. The topological polar surface area (TPSA) is 65.1 Å². The zero-order valence-electron chi connectivity index (χ0n) is 12.2. The van der Waals surface area contributed by atoms with Gasteiger partial charge in [-0.2, -0.15) is 0 Å². The van der Waals surface area contributed by atoms with E-state index in [-0.39, 0.29) is 6.10 Å². The Kier molecular flexibility index (Phi) is 7.91. The van der Waals surface area contributed by atoms with Gasteiger partial charge in [-0.1, -0.05) is 0 Å². The van der Waals surface area contributed by atoms with Crippen LogP contribution in [0, 0.1) is 0 Å². The summed E-state index contributed by atoms with van der Waals surface area (Å²) < 4.78 is 15.1. The van der Waals surface area contributed by atoms with Crippen LogP contribution in [-0.2, 0) is 23.8 Å². The third-order valence-electron chi connectivity index (χ3n) is 2.67. The van der Waals surface area contributed by atoms with Gasteiger partial charge in [0.15, 0.2) is 0 Å². The highest BCUT2D eigenvalue weighted by Crippen LogP contribution is 1.98. The summed E-state index contributed by atoms with van der Waals surface area (Å²) in [7, 11) is 0. The van der Waals surface area contributed by atoms with Crippen LogP contribution in [0.3, 0.4) is 0 Å². The molecule has 0 bridgehead atoms. The van der Waals surface area contributed by atoms with Crippen LogP contribution in [0.2, 0.25) is 0 Å². The van der Waals surface area contributed by atoms with Crippen molar-refractivity contribution in [1.82, 2.24) is 4.90 Å². The van der Waals surface area contributed by atoms with Crippen LogP contribution in [0.25, 0.3) is 0 Å². The van der Waals surface area contributed by atoms with Crippen molar-refractivity contribution in [2.75, 3.05) is 39.5 Å². The molecule has 0 aliphatic carbocycles. The quantitative estimate of drug-likeness (QED) is 0.391. The molecule has 1 saturated heterocycles. The zero-order chi connectivity index (χ0) is 14.8. The minimum Gasteiger partial charge on any atom is -0.462 e. The molecule has 20 heavy (non-hydrogen) atoms. The van der Waals surface area contributed by atoms with E-state index >= 15 is 0 Å². The van der Waals surface area contributed by atoms with E-state index in [9.17, 15) is 9.59 Å². The van der Waals surface area contributed by atoms with Crippen LogP contribution in [0.4, 0.5) is 0 Å². The zero-order valence-corrected chi connectivity index (χ0v) is 12.2. The average Bonchev–Trinajstić information content (AvgIpc) is 2.42. The molecule has 0 saturated carbocycles. The monoisotopic (exact) mass is 285 g/mol. The molecular formula is C14H23NO5. The lowest BCUT2D eigenvalue weighted by molar-refractivity contribution is -0.142. The molecule has 6 nitrogen and oxygen atoms in total. The highest BCUT2D eigenvalue weighted by Gasteiger charge is 2.09. The third kappa shape index (κ3) is 7.91. The summed E-state index contributed by atoms with van der Waals surface area (Å²) in [5.74, 6) is -1.06. The van der Waals surface area contributed by atoms with Crippen molar-refractivity contribution in [3.05, 3.63) is 12.2 Å². The lowest BCUT2D eigenvalue weighted by atomic mass is 10.3. The molecule has 0 N–H and O–H groups in total. The molecule has 6 heteroatoms. The Morgan fingerprint density at radius 2 is 1.85 bits per heavy atom. The van der Waals surface area contributed by atoms with Crippen LogP contribution in [0.5, 0.6) is 0 Å². The second-order valence-electron chi connectivity index (χ2n) is 4.79. The van der Waals surface area contributed by atoms with E-state index in [1.165, 1.54) is 0 Å². The number of rotatable bonds is 7. The summed E-state index contributed by atoms with van der Waals surface area (Å²) in [6.45, 7) is 8.10. The molecule has 1 fully saturated rings. The van der Waals surface area contributed by atoms with Crippen LogP contribution in [0.1, 0.15) is 20.3 Å². The van der Waals surface area contributed by atoms with Gasteiger partial charge in [0.05, 0.1) is 25.9 Å². The number of ether oxygens (including phenoxy) is 3. The average molecular weight is 285 g/mol. The molecule has 0 unspecified atom stereocenters. The highest BCUT2D eigenvalue weighted by molar-refractivity contribution is 5.91. The summed E-state index contributed by atoms with van der Waals surface area (Å²) in [6, 6.07) is 0. The van der Waals surface area contributed by atoms with E-state index in [2.05, 4.69) is 4.90 Å². The fourth-order valence-electron chi connectivity index (χ4n) is 1.74. The molecular weight excluding hydrogens is 262 g/mol. The second kappa shape index (κ2) is 9.50. The van der Waals surface area contributed by atoms with Gasteiger partial charge >= 0.3 is 11.9 Å². The van der Waals surface area contributed by atoms with Crippen LogP contribution < -0.4 is 0 Å². The Morgan fingerprint density at radius 1 is 1.20 bits per heavy atom. The van der Waals surface area contributed by atoms with Crippen molar-refractivity contribution >= 4 is 11.9 Å². The Labute approximate surface area is 119 Å². The van der Waals surface area contributed by atoms with Gasteiger partial charge < -0.3 is 14.2 Å². The van der Waals surface area contributed by atoms with Gasteiger partial charge in [-0.25, -0.2) is 9.59 Å². The molecule has 0 aromatic heterocycles. The lowest BCUT2D eigenvalue weighted by Crippen LogP contribution is -2.37. The lowest BCUT2D eigenvalue weighted by Gasteiger charge is -2.26. The number of esters is 2. The molecule has 1 heterocycles. The molecule has 0 aromatic rings. The van der Waals surface area contributed by atoms with Gasteiger partial charge in [0.25, 0.3) is 0 Å². The predicted octanol–water partition coefficient (Wildman–Crippen LogP) is 0.760. The second-order valence-corrected chi connectivity index (χ2v) is 4.79. The normalized spacial score (nSPS) is 16.6. The fourth-order valence-corrected chi connectivity index (χ4v) is 1.74. The van der Waals surface area contributed by atoms with Crippen molar-refractivity contribution in [3.8, 4) is 0 Å². The maximum absolute atomic E-state index is 11.3. The first-order chi connectivity index (χ1) is 9.58. The third-order valence-corrected chi connectivity index (χ3v) is 2.67. The maximum Gasteiger partial charge on any atom is 0.331 e. The standard InChI is InChI=1S/C14H23NO5/c1-12(2)20-14(17)5-4-13(16)19-9-3-6-15-7-10-18-11-8-15/h4-5,12H,3,6-11H2,1-2H3/b5-4+. The van der Waals surface area contributed by atoms with E-state index < -0.39 is 11.9 Å². The molecule has 0 aromatic carbocycles. The summed E-state index contributed by atoms with van der Waals surface area (Å²) >= 11 is 0. The van der Waals surface area contributed by atoms with E-state index in [4.69, 9.17) is 14.2 Å². The molecule has 114 valence electrons. The Balaban J connectivity index is 2.07. The van der Waals surface area contributed by atoms with Gasteiger partial charge in [0.2, 0.25) is 0 Å². The van der Waals surface area contributed by atoms with Gasteiger partial charge in [0.1, 0.15) is 0 Å². The van der Waals surface area contributed by atoms with Crippen LogP contribution in [0.15, 0.2) is 12.2 Å². The van der Waals surface area contributed by atoms with Crippen LogP contribution >= 0.6 is 0 Å². The van der Waals surface area contributed by atoms with Gasteiger partial charge in [0, 0.05) is 31.8 Å². The molecule has 0 atom stereocenters. The Bertz CT molecular complexity index is 334. The summed E-state index contributed by atoms with van der Waals surface area (Å²) in [4.78, 5) is 24.8. The minimum absolute atomic E-state index is 0.198. The summed E-state index contributed by atoms with van der Waals surface area (Å²) in [6.07, 6.45) is 2.76. The number of nitrogens with zero attached hydrogens (tertiary/aromatic N) is 1. The summed E-state index contributed by atoms with van der Waals surface area (Å²) in [5, 5.41) is 0. The van der Waals surface area contributed by atoms with Gasteiger partial charge in [-0.05, 0) is 20.3 Å². The van der Waals surface area contributed by atoms with Crippen molar-refractivity contribution in [1.29, 1.82) is 0 Å². The number of carbonyl (C=O) groups excluding carboxylic acids is 2. The summed E-state index contributed by atoms with van der Waals surface area (Å²) in [5.41, 5.74) is 0. The minimum atomic E-state index is -0.537. The number of morpholine rings is 1. The smallest absolute Gasteiger partial charge is 0.331 e. The van der Waals surface area contributed by atoms with Gasteiger partial charge in [-0.15, -0.1) is 0 Å². The SMILES string of the molecule is CC(C)OC(=O)/C=C/C(=O)OCCCN1CCOCC1. The van der Waals surface area contributed by atoms with Crippen LogP contribution in [-0.4, -0.2) is 62.4 Å². The molecule has 0 amide bonds. The molecule has 1 aliphatic rings. The van der Waals surface area contributed by atoms with E-state index in [1.54, 1.807) is 13.8 Å². The number of hydrogen-bond acceptors (Lipinski definition) is 6. The van der Waals surface area contributed by atoms with Crippen molar-refractivity contribution in [3.63, 3.8) is 0 Å². The Hall–Kier alpha value is -1.40. The molecule has 1 aliphatic heterocycles. The highest BCUT2D eigenvalue weighted by atomic mass is 16.5. The van der Waals surface area contributed by atoms with E-state index in [0.717, 1.165) is 51.4 Å². The molecule has 0 radical (unpaired) electrons. The van der Waals surface area contributed by atoms with Crippen molar-refractivity contribution in [2.24, 2.45) is 0 Å². The van der Waals surface area contributed by atoms with Gasteiger partial charge in [-0.3, -0.25) is 4.90 Å². The first kappa shape index (κ1) is 16.7. The number of carbonyl (C=O) groups is 2. The predicted molar refractivity (Wildman–Crippen MR) is 73.2 cm³/mol. The largest absolute Gasteiger partial charge is 0.462 e.